The Morgan fingerprint density at radius 1 is 1.40 bits per heavy atom. The predicted molar refractivity (Wildman–Crippen MR) is 60.4 cm³/mol. The van der Waals surface area contributed by atoms with E-state index in [0.29, 0.717) is 12.6 Å². The molecule has 1 amide bonds. The Morgan fingerprint density at radius 2 is 2.07 bits per heavy atom. The summed E-state index contributed by atoms with van der Waals surface area (Å²) in [4.78, 5) is 10.6. The maximum Gasteiger partial charge on any atom is 0.235 e. The number of hydrogen-bond acceptors (Lipinski definition) is 4. The van der Waals surface area contributed by atoms with Crippen molar-refractivity contribution >= 4 is 5.91 Å². The zero-order chi connectivity index (χ0) is 11.7. The van der Waals surface area contributed by atoms with E-state index in [0.717, 1.165) is 26.0 Å². The minimum absolute atomic E-state index is 0.293. The number of rotatable bonds is 9. The summed E-state index contributed by atoms with van der Waals surface area (Å²) in [6.45, 7) is 6.10. The second-order valence-electron chi connectivity index (χ2n) is 3.84. The van der Waals surface area contributed by atoms with Crippen molar-refractivity contribution < 1.29 is 9.53 Å². The normalized spacial score (nSPS) is 13.1. The molecule has 0 saturated carbocycles. The van der Waals surface area contributed by atoms with Crippen molar-refractivity contribution in [2.24, 2.45) is 11.5 Å². The van der Waals surface area contributed by atoms with Gasteiger partial charge >= 0.3 is 0 Å². The van der Waals surface area contributed by atoms with Crippen molar-refractivity contribution in [1.82, 2.24) is 5.32 Å². The summed E-state index contributed by atoms with van der Waals surface area (Å²) >= 11 is 0. The first-order chi connectivity index (χ1) is 7.04. The average Bonchev–Trinajstić information content (AvgIpc) is 2.15. The maximum absolute atomic E-state index is 10.6. The van der Waals surface area contributed by atoms with E-state index in [1.54, 1.807) is 0 Å². The molecule has 5 nitrogen and oxygen atoms in total. The van der Waals surface area contributed by atoms with Gasteiger partial charge in [-0.05, 0) is 33.2 Å². The molecule has 0 bridgehead atoms. The second-order valence-corrected chi connectivity index (χ2v) is 3.84. The van der Waals surface area contributed by atoms with E-state index in [4.69, 9.17) is 16.2 Å². The molecule has 0 aromatic rings. The summed E-state index contributed by atoms with van der Waals surface area (Å²) in [5.41, 5.74) is 10.4. The van der Waals surface area contributed by atoms with E-state index >= 15 is 0 Å². The van der Waals surface area contributed by atoms with Gasteiger partial charge in [0, 0.05) is 13.2 Å². The standard InChI is InChI=1S/C10H23N3O2/c1-8(2)15-6-4-3-5-13-7-9(11)10(12)14/h8-9,13H,3-7,11H2,1-2H3,(H2,12,14). The first-order valence-corrected chi connectivity index (χ1v) is 5.41. The van der Waals surface area contributed by atoms with Crippen LogP contribution in [0.15, 0.2) is 0 Å². The first kappa shape index (κ1) is 14.3. The number of carbonyl (C=O) groups is 1. The number of carbonyl (C=O) groups excluding carboxylic acids is 1. The number of unbranched alkanes of at least 4 members (excludes halogenated alkanes) is 1. The molecule has 0 spiro atoms. The lowest BCUT2D eigenvalue weighted by atomic mass is 10.3. The summed E-state index contributed by atoms with van der Waals surface area (Å²) < 4.78 is 5.38. The molecule has 0 aliphatic carbocycles. The van der Waals surface area contributed by atoms with Crippen molar-refractivity contribution in [3.8, 4) is 0 Å². The van der Waals surface area contributed by atoms with E-state index in [1.807, 2.05) is 13.8 Å². The molecule has 0 radical (unpaired) electrons. The topological polar surface area (TPSA) is 90.4 Å². The van der Waals surface area contributed by atoms with Crippen LogP contribution in [0.4, 0.5) is 0 Å². The molecule has 0 aliphatic heterocycles. The molecule has 1 unspecified atom stereocenters. The third-order valence-electron chi connectivity index (χ3n) is 1.93. The largest absolute Gasteiger partial charge is 0.379 e. The quantitative estimate of drug-likeness (QED) is 0.458. The van der Waals surface area contributed by atoms with Gasteiger partial charge in [0.25, 0.3) is 0 Å². The van der Waals surface area contributed by atoms with Gasteiger partial charge in [0.1, 0.15) is 0 Å². The Morgan fingerprint density at radius 3 is 2.60 bits per heavy atom. The van der Waals surface area contributed by atoms with Crippen LogP contribution in [0, 0.1) is 0 Å². The Balaban J connectivity index is 3.15. The number of hydrogen-bond donors (Lipinski definition) is 3. The molecular weight excluding hydrogens is 194 g/mol. The fourth-order valence-electron chi connectivity index (χ4n) is 1.03. The Hall–Kier alpha value is -0.650. The highest BCUT2D eigenvalue weighted by Crippen LogP contribution is 1.93. The van der Waals surface area contributed by atoms with Gasteiger partial charge in [0.15, 0.2) is 0 Å². The van der Waals surface area contributed by atoms with Gasteiger partial charge < -0.3 is 21.5 Å². The molecular formula is C10H23N3O2. The molecule has 0 aromatic carbocycles. The second kappa shape index (κ2) is 8.64. The van der Waals surface area contributed by atoms with Gasteiger partial charge in [0.2, 0.25) is 5.91 Å². The number of nitrogens with two attached hydrogens (primary N) is 2. The van der Waals surface area contributed by atoms with Gasteiger partial charge in [-0.2, -0.15) is 0 Å². The molecule has 0 fully saturated rings. The fraction of sp³-hybridized carbons (Fsp3) is 0.900. The van der Waals surface area contributed by atoms with Crippen molar-refractivity contribution in [3.05, 3.63) is 0 Å². The van der Waals surface area contributed by atoms with Crippen LogP contribution in [-0.2, 0) is 9.53 Å². The van der Waals surface area contributed by atoms with E-state index in [9.17, 15) is 4.79 Å². The highest BCUT2D eigenvalue weighted by Gasteiger charge is 2.06. The van der Waals surface area contributed by atoms with Crippen LogP contribution >= 0.6 is 0 Å². The molecule has 5 N–H and O–H groups in total. The molecule has 0 saturated heterocycles. The third kappa shape index (κ3) is 9.65. The van der Waals surface area contributed by atoms with Crippen LogP contribution in [0.5, 0.6) is 0 Å². The van der Waals surface area contributed by atoms with E-state index in [2.05, 4.69) is 5.32 Å². The molecule has 15 heavy (non-hydrogen) atoms. The highest BCUT2D eigenvalue weighted by atomic mass is 16.5. The Kier molecular flexibility index (Phi) is 8.27. The van der Waals surface area contributed by atoms with Crippen LogP contribution in [0.2, 0.25) is 0 Å². The van der Waals surface area contributed by atoms with E-state index in [-0.39, 0.29) is 0 Å². The van der Waals surface area contributed by atoms with Gasteiger partial charge in [0.05, 0.1) is 12.1 Å². The summed E-state index contributed by atoms with van der Waals surface area (Å²) in [6, 6.07) is -0.586. The summed E-state index contributed by atoms with van der Waals surface area (Å²) in [6.07, 6.45) is 2.32. The van der Waals surface area contributed by atoms with Crippen LogP contribution in [0.1, 0.15) is 26.7 Å². The summed E-state index contributed by atoms with van der Waals surface area (Å²) in [5, 5.41) is 3.07. The molecule has 0 aromatic heterocycles. The molecule has 5 heteroatoms. The van der Waals surface area contributed by atoms with Crippen molar-refractivity contribution in [1.29, 1.82) is 0 Å². The zero-order valence-corrected chi connectivity index (χ0v) is 9.66. The maximum atomic E-state index is 10.6. The molecule has 1 atom stereocenters. The minimum atomic E-state index is -0.586. The number of amides is 1. The van der Waals surface area contributed by atoms with Gasteiger partial charge in [-0.15, -0.1) is 0 Å². The van der Waals surface area contributed by atoms with Crippen molar-refractivity contribution in [3.63, 3.8) is 0 Å². The number of nitrogens with one attached hydrogen (secondary N) is 1. The lowest BCUT2D eigenvalue weighted by Crippen LogP contribution is -2.44. The molecule has 90 valence electrons. The van der Waals surface area contributed by atoms with E-state index in [1.165, 1.54) is 0 Å². The molecule has 0 rings (SSSR count). The highest BCUT2D eigenvalue weighted by molar-refractivity contribution is 5.79. The van der Waals surface area contributed by atoms with E-state index < -0.39 is 11.9 Å². The van der Waals surface area contributed by atoms with Crippen molar-refractivity contribution in [2.75, 3.05) is 19.7 Å². The van der Waals surface area contributed by atoms with Gasteiger partial charge in [-0.3, -0.25) is 4.79 Å². The fourth-order valence-corrected chi connectivity index (χ4v) is 1.03. The Labute approximate surface area is 91.5 Å². The number of primary amides is 1. The van der Waals surface area contributed by atoms with Crippen LogP contribution in [0.25, 0.3) is 0 Å². The van der Waals surface area contributed by atoms with Crippen LogP contribution in [0.3, 0.4) is 0 Å². The zero-order valence-electron chi connectivity index (χ0n) is 9.66. The monoisotopic (exact) mass is 217 g/mol. The smallest absolute Gasteiger partial charge is 0.235 e. The lowest BCUT2D eigenvalue weighted by molar-refractivity contribution is -0.119. The predicted octanol–water partition coefficient (Wildman–Crippen LogP) is -0.406. The number of ether oxygens (including phenoxy) is 1. The van der Waals surface area contributed by atoms with Crippen LogP contribution in [-0.4, -0.2) is 37.7 Å². The lowest BCUT2D eigenvalue weighted by Gasteiger charge is -2.09. The molecule has 0 heterocycles. The average molecular weight is 217 g/mol. The minimum Gasteiger partial charge on any atom is -0.379 e. The third-order valence-corrected chi connectivity index (χ3v) is 1.93. The van der Waals surface area contributed by atoms with Gasteiger partial charge in [-0.25, -0.2) is 0 Å². The first-order valence-electron chi connectivity index (χ1n) is 5.41. The van der Waals surface area contributed by atoms with Crippen molar-refractivity contribution in [2.45, 2.75) is 38.8 Å². The summed E-state index contributed by atoms with van der Waals surface area (Å²) in [5.74, 6) is -0.467. The van der Waals surface area contributed by atoms with Crippen LogP contribution < -0.4 is 16.8 Å². The SMILES string of the molecule is CC(C)OCCCCNCC(N)C(N)=O. The van der Waals surface area contributed by atoms with Gasteiger partial charge in [-0.1, -0.05) is 0 Å². The Bertz CT molecular complexity index is 174. The summed E-state index contributed by atoms with van der Waals surface area (Å²) in [7, 11) is 0. The molecule has 0 aliphatic rings.